The first-order valence-electron chi connectivity index (χ1n) is 4.97. The number of alkyl halides is 2. The van der Waals surface area contributed by atoms with E-state index in [9.17, 15) is 18.7 Å². The fraction of sp³-hybridized carbons (Fsp3) is 0.700. The molecule has 5 heteroatoms. The zero-order chi connectivity index (χ0) is 11.3. The largest absolute Gasteiger partial charge is 0.545 e. The van der Waals surface area contributed by atoms with Crippen molar-refractivity contribution in [2.45, 2.75) is 25.2 Å². The first-order valence-corrected chi connectivity index (χ1v) is 4.97. The Bertz CT molecular complexity index is 254. The van der Waals surface area contributed by atoms with Gasteiger partial charge >= 0.3 is 0 Å². The molecule has 0 aromatic rings. The lowest BCUT2D eigenvalue weighted by atomic mass is 10.1. The lowest BCUT2D eigenvalue weighted by Gasteiger charge is -2.32. The van der Waals surface area contributed by atoms with Crippen LogP contribution >= 0.6 is 0 Å². The van der Waals surface area contributed by atoms with Crippen molar-refractivity contribution in [3.8, 4) is 0 Å². The summed E-state index contributed by atoms with van der Waals surface area (Å²) in [5.41, 5.74) is 0. The van der Waals surface area contributed by atoms with E-state index in [1.165, 1.54) is 6.08 Å². The highest BCUT2D eigenvalue weighted by Crippen LogP contribution is 2.26. The number of piperidine rings is 1. The molecule has 1 aliphatic heterocycles. The van der Waals surface area contributed by atoms with Crippen LogP contribution in [0.3, 0.4) is 0 Å². The number of rotatable bonds is 4. The van der Waals surface area contributed by atoms with Gasteiger partial charge in [0.15, 0.2) is 0 Å². The second-order valence-electron chi connectivity index (χ2n) is 3.75. The van der Waals surface area contributed by atoms with Crippen LogP contribution in [0.5, 0.6) is 0 Å². The van der Waals surface area contributed by atoms with Gasteiger partial charge in [-0.05, 0) is 25.5 Å². The fourth-order valence-electron chi connectivity index (χ4n) is 1.67. The molecule has 1 heterocycles. The number of likely N-dealkylation sites (tertiary alicyclic amines) is 1. The van der Waals surface area contributed by atoms with E-state index in [1.807, 2.05) is 0 Å². The Hall–Kier alpha value is -0.970. The number of carbonyl (C=O) groups is 1. The first kappa shape index (κ1) is 12.1. The van der Waals surface area contributed by atoms with Gasteiger partial charge < -0.3 is 9.90 Å². The van der Waals surface area contributed by atoms with Crippen LogP contribution in [0.2, 0.25) is 0 Å². The summed E-state index contributed by atoms with van der Waals surface area (Å²) in [6, 6.07) is 0. The molecule has 0 radical (unpaired) electrons. The predicted molar refractivity (Wildman–Crippen MR) is 49.4 cm³/mol. The lowest BCUT2D eigenvalue weighted by molar-refractivity contribution is -0.297. The summed E-state index contributed by atoms with van der Waals surface area (Å²) in [7, 11) is 0. The molecular formula is C10H14F2NO2-. The molecule has 0 atom stereocenters. The van der Waals surface area contributed by atoms with Crippen molar-refractivity contribution in [3.63, 3.8) is 0 Å². The summed E-state index contributed by atoms with van der Waals surface area (Å²) in [5.74, 6) is -3.84. The van der Waals surface area contributed by atoms with E-state index in [0.717, 1.165) is 6.08 Å². The number of carboxylic acid groups (broad SMARTS) is 1. The van der Waals surface area contributed by atoms with Gasteiger partial charge in [-0.1, -0.05) is 6.08 Å². The van der Waals surface area contributed by atoms with Crippen molar-refractivity contribution >= 4 is 5.97 Å². The van der Waals surface area contributed by atoms with Gasteiger partial charge in [-0.2, -0.15) is 0 Å². The third-order valence-electron chi connectivity index (χ3n) is 2.34. The van der Waals surface area contributed by atoms with Gasteiger partial charge in [0.2, 0.25) is 0 Å². The normalized spacial score (nSPS) is 22.0. The average molecular weight is 218 g/mol. The van der Waals surface area contributed by atoms with Crippen LogP contribution in [0.4, 0.5) is 8.78 Å². The van der Waals surface area contributed by atoms with Gasteiger partial charge in [-0.25, -0.2) is 8.78 Å². The maximum Gasteiger partial charge on any atom is 0.260 e. The average Bonchev–Trinajstić information content (AvgIpc) is 2.10. The molecule has 1 saturated heterocycles. The van der Waals surface area contributed by atoms with E-state index in [4.69, 9.17) is 0 Å². The third-order valence-corrected chi connectivity index (χ3v) is 2.34. The Kier molecular flexibility index (Phi) is 4.20. The smallest absolute Gasteiger partial charge is 0.260 e. The Balaban J connectivity index is 2.24. The quantitative estimate of drug-likeness (QED) is 0.642. The minimum atomic E-state index is -2.59. The Morgan fingerprint density at radius 3 is 2.87 bits per heavy atom. The van der Waals surface area contributed by atoms with Gasteiger partial charge in [0.05, 0.1) is 12.5 Å². The second-order valence-corrected chi connectivity index (χ2v) is 3.75. The minimum absolute atomic E-state index is 0.0433. The second kappa shape index (κ2) is 5.21. The van der Waals surface area contributed by atoms with E-state index >= 15 is 0 Å². The number of carbonyl (C=O) groups excluding carboxylic acids is 1. The highest BCUT2D eigenvalue weighted by Gasteiger charge is 2.34. The van der Waals surface area contributed by atoms with Crippen LogP contribution in [0.1, 0.15) is 19.3 Å². The number of hydrogen-bond acceptors (Lipinski definition) is 3. The highest BCUT2D eigenvalue weighted by molar-refractivity contribution is 5.77. The summed E-state index contributed by atoms with van der Waals surface area (Å²) in [4.78, 5) is 11.7. The standard InChI is InChI=1S/C10H15F2NO2/c11-10(12)5-3-7-13(8-10)6-2-1-4-9(14)15/h1,4H,2-3,5-8H2,(H,14,15)/p-1. The molecule has 0 aromatic carbocycles. The third kappa shape index (κ3) is 4.88. The van der Waals surface area contributed by atoms with Crippen molar-refractivity contribution in [3.05, 3.63) is 12.2 Å². The fourth-order valence-corrected chi connectivity index (χ4v) is 1.67. The molecule has 0 unspecified atom stereocenters. The summed E-state index contributed by atoms with van der Waals surface area (Å²) < 4.78 is 25.9. The van der Waals surface area contributed by atoms with Crippen LogP contribution in [0, 0.1) is 0 Å². The molecule has 0 bridgehead atoms. The van der Waals surface area contributed by atoms with Gasteiger partial charge in [-0.3, -0.25) is 4.90 Å². The Morgan fingerprint density at radius 2 is 2.27 bits per heavy atom. The van der Waals surface area contributed by atoms with Crippen molar-refractivity contribution < 1.29 is 18.7 Å². The van der Waals surface area contributed by atoms with Crippen molar-refractivity contribution in [2.75, 3.05) is 19.6 Å². The van der Waals surface area contributed by atoms with Crippen LogP contribution in [0.15, 0.2) is 12.2 Å². The molecule has 1 aliphatic rings. The Labute approximate surface area is 87.4 Å². The van der Waals surface area contributed by atoms with Crippen LogP contribution < -0.4 is 5.11 Å². The minimum Gasteiger partial charge on any atom is -0.545 e. The van der Waals surface area contributed by atoms with Gasteiger partial charge in [0.25, 0.3) is 5.92 Å². The predicted octanol–water partition coefficient (Wildman–Crippen LogP) is 0.414. The van der Waals surface area contributed by atoms with Gasteiger partial charge in [-0.15, -0.1) is 0 Å². The molecule has 3 nitrogen and oxygen atoms in total. The molecule has 1 fully saturated rings. The van der Waals surface area contributed by atoms with E-state index in [1.54, 1.807) is 4.90 Å². The molecule has 0 N–H and O–H groups in total. The number of hydrogen-bond donors (Lipinski definition) is 0. The highest BCUT2D eigenvalue weighted by atomic mass is 19.3. The number of nitrogens with zero attached hydrogens (tertiary/aromatic N) is 1. The van der Waals surface area contributed by atoms with E-state index in [-0.39, 0.29) is 13.0 Å². The van der Waals surface area contributed by atoms with E-state index < -0.39 is 11.9 Å². The van der Waals surface area contributed by atoms with Crippen LogP contribution in [-0.2, 0) is 4.79 Å². The summed E-state index contributed by atoms with van der Waals surface area (Å²) in [6.45, 7) is 0.917. The summed E-state index contributed by atoms with van der Waals surface area (Å²) in [5, 5.41) is 10.0. The molecule has 0 aliphatic carbocycles. The zero-order valence-corrected chi connectivity index (χ0v) is 8.42. The van der Waals surface area contributed by atoms with E-state index in [0.29, 0.717) is 25.9 Å². The lowest BCUT2D eigenvalue weighted by Crippen LogP contribution is -2.42. The van der Waals surface area contributed by atoms with Gasteiger partial charge in [0.1, 0.15) is 0 Å². The molecule has 0 amide bonds. The summed E-state index contributed by atoms with van der Waals surface area (Å²) in [6.07, 6.45) is 3.28. The molecule has 15 heavy (non-hydrogen) atoms. The number of carboxylic acids is 1. The van der Waals surface area contributed by atoms with Crippen molar-refractivity contribution in [1.29, 1.82) is 0 Å². The monoisotopic (exact) mass is 218 g/mol. The number of aliphatic carboxylic acids is 1. The molecule has 86 valence electrons. The molecule has 0 aromatic heterocycles. The maximum atomic E-state index is 12.9. The Morgan fingerprint density at radius 1 is 1.53 bits per heavy atom. The zero-order valence-electron chi connectivity index (χ0n) is 8.42. The first-order chi connectivity index (χ1) is 6.99. The summed E-state index contributed by atoms with van der Waals surface area (Å²) >= 11 is 0. The van der Waals surface area contributed by atoms with E-state index in [2.05, 4.69) is 0 Å². The molecule has 0 saturated carbocycles. The number of halogens is 2. The van der Waals surface area contributed by atoms with Crippen molar-refractivity contribution in [2.24, 2.45) is 0 Å². The van der Waals surface area contributed by atoms with Gasteiger partial charge in [0, 0.05) is 13.0 Å². The van der Waals surface area contributed by atoms with Crippen LogP contribution in [0.25, 0.3) is 0 Å². The SMILES string of the molecule is O=C([O-])C=CCCN1CCCC(F)(F)C1. The topological polar surface area (TPSA) is 43.4 Å². The maximum absolute atomic E-state index is 12.9. The molecular weight excluding hydrogens is 204 g/mol. The van der Waals surface area contributed by atoms with Crippen LogP contribution in [-0.4, -0.2) is 36.4 Å². The molecule has 1 rings (SSSR count). The molecule has 0 spiro atoms. The van der Waals surface area contributed by atoms with Crippen molar-refractivity contribution in [1.82, 2.24) is 4.90 Å².